The third kappa shape index (κ3) is 4.03. The van der Waals surface area contributed by atoms with Gasteiger partial charge in [-0.15, -0.1) is 5.10 Å². The van der Waals surface area contributed by atoms with Crippen molar-refractivity contribution < 1.29 is 19.1 Å². The van der Waals surface area contributed by atoms with Gasteiger partial charge in [0.05, 0.1) is 17.8 Å². The fourth-order valence-corrected chi connectivity index (χ4v) is 2.86. The molecule has 11 nitrogen and oxygen atoms in total. The van der Waals surface area contributed by atoms with Gasteiger partial charge in [-0.1, -0.05) is 17.2 Å². The van der Waals surface area contributed by atoms with E-state index in [1.165, 1.54) is 12.7 Å². The van der Waals surface area contributed by atoms with E-state index in [0.29, 0.717) is 22.3 Å². The van der Waals surface area contributed by atoms with Gasteiger partial charge in [0.15, 0.2) is 0 Å². The minimum absolute atomic E-state index is 0.168. The quantitative estimate of drug-likeness (QED) is 0.368. The Hall–Kier alpha value is -4.28. The molecule has 0 spiro atoms. The number of aliphatic carboxylic acids is 1. The molecule has 0 unspecified atom stereocenters. The Morgan fingerprint density at radius 3 is 2.72 bits per heavy atom. The minimum atomic E-state index is -1.04. The molecule has 3 aromatic heterocycles. The van der Waals surface area contributed by atoms with Crippen LogP contribution in [0.5, 0.6) is 0 Å². The van der Waals surface area contributed by atoms with E-state index >= 15 is 0 Å². The van der Waals surface area contributed by atoms with E-state index in [9.17, 15) is 14.7 Å². The number of anilines is 2. The Kier molecular flexibility index (Phi) is 4.84. The Morgan fingerprint density at radius 1 is 1.17 bits per heavy atom. The van der Waals surface area contributed by atoms with Gasteiger partial charge in [0.25, 0.3) is 5.91 Å². The summed E-state index contributed by atoms with van der Waals surface area (Å²) in [6, 6.07) is 8.02. The first-order valence-electron chi connectivity index (χ1n) is 8.54. The molecule has 3 heterocycles. The zero-order valence-electron chi connectivity index (χ0n) is 14.9. The SMILES string of the molecule is O=C(O)C[C@@H](NC(=O)c1ncnc2[nH]ccc12)c1ccc(Nc2nnco2)cc1. The molecule has 4 N–H and O–H groups in total. The van der Waals surface area contributed by atoms with Gasteiger partial charge in [0, 0.05) is 11.9 Å². The van der Waals surface area contributed by atoms with Crippen LogP contribution in [0.2, 0.25) is 0 Å². The number of aromatic nitrogens is 5. The Bertz CT molecular complexity index is 1140. The van der Waals surface area contributed by atoms with Gasteiger partial charge in [-0.2, -0.15) is 0 Å². The highest BCUT2D eigenvalue weighted by Gasteiger charge is 2.21. The van der Waals surface area contributed by atoms with Gasteiger partial charge in [-0.25, -0.2) is 9.97 Å². The van der Waals surface area contributed by atoms with Crippen molar-refractivity contribution in [1.29, 1.82) is 0 Å². The van der Waals surface area contributed by atoms with Gasteiger partial charge in [-0.05, 0) is 23.8 Å². The molecule has 1 aromatic carbocycles. The maximum Gasteiger partial charge on any atom is 0.319 e. The summed E-state index contributed by atoms with van der Waals surface area (Å²) in [6.07, 6.45) is 3.84. The van der Waals surface area contributed by atoms with Crippen LogP contribution in [-0.4, -0.2) is 42.1 Å². The first-order chi connectivity index (χ1) is 14.1. The number of carbonyl (C=O) groups is 2. The second-order valence-corrected chi connectivity index (χ2v) is 6.08. The second kappa shape index (κ2) is 7.76. The van der Waals surface area contributed by atoms with Crippen molar-refractivity contribution >= 4 is 34.6 Å². The first kappa shape index (κ1) is 18.1. The molecule has 4 aromatic rings. The molecule has 0 aliphatic rings. The molecule has 146 valence electrons. The second-order valence-electron chi connectivity index (χ2n) is 6.08. The van der Waals surface area contributed by atoms with Gasteiger partial charge >= 0.3 is 12.0 Å². The molecule has 0 aliphatic carbocycles. The number of nitrogens with zero attached hydrogens (tertiary/aromatic N) is 4. The Labute approximate surface area is 163 Å². The number of amides is 1. The molecule has 0 radical (unpaired) electrons. The summed E-state index contributed by atoms with van der Waals surface area (Å²) in [7, 11) is 0. The molecule has 1 amide bonds. The largest absolute Gasteiger partial charge is 0.481 e. The molecule has 0 fully saturated rings. The number of fused-ring (bicyclic) bond motifs is 1. The highest BCUT2D eigenvalue weighted by atomic mass is 16.4. The Morgan fingerprint density at radius 2 is 2.00 bits per heavy atom. The summed E-state index contributed by atoms with van der Waals surface area (Å²) in [5, 5.41) is 22.8. The highest BCUT2D eigenvalue weighted by molar-refractivity contribution is 6.03. The average Bonchev–Trinajstić information content (AvgIpc) is 3.39. The van der Waals surface area contributed by atoms with Crippen LogP contribution < -0.4 is 10.6 Å². The van der Waals surface area contributed by atoms with E-state index in [1.54, 1.807) is 36.5 Å². The number of hydrogen-bond acceptors (Lipinski definition) is 8. The van der Waals surface area contributed by atoms with Crippen LogP contribution >= 0.6 is 0 Å². The predicted octanol–water partition coefficient (Wildman–Crippen LogP) is 2.03. The van der Waals surface area contributed by atoms with E-state index in [-0.39, 0.29) is 18.1 Å². The summed E-state index contributed by atoms with van der Waals surface area (Å²) in [6.45, 7) is 0. The molecular weight excluding hydrogens is 378 g/mol. The lowest BCUT2D eigenvalue weighted by Crippen LogP contribution is -2.31. The topological polar surface area (TPSA) is 159 Å². The van der Waals surface area contributed by atoms with Crippen LogP contribution in [0.1, 0.15) is 28.5 Å². The summed E-state index contributed by atoms with van der Waals surface area (Å²) in [5.74, 6) is -1.53. The molecule has 0 saturated heterocycles. The number of carbonyl (C=O) groups excluding carboxylic acids is 1. The van der Waals surface area contributed by atoms with E-state index in [2.05, 4.69) is 35.8 Å². The first-order valence-corrected chi connectivity index (χ1v) is 8.54. The van der Waals surface area contributed by atoms with Crippen LogP contribution in [0.4, 0.5) is 11.7 Å². The standard InChI is InChI=1S/C18H15N7O4/c26-14(27)7-13(10-1-3-11(4-2-10)23-18-25-22-9-29-18)24-17(28)15-12-5-6-19-16(12)21-8-20-15/h1-6,8-9,13H,7H2,(H,23,25)(H,24,28)(H,26,27)(H,19,20,21)/t13-/m1/s1. The molecule has 4 rings (SSSR count). The summed E-state index contributed by atoms with van der Waals surface area (Å²) >= 11 is 0. The monoisotopic (exact) mass is 393 g/mol. The lowest BCUT2D eigenvalue weighted by molar-refractivity contribution is -0.137. The van der Waals surface area contributed by atoms with Crippen molar-refractivity contribution in [2.45, 2.75) is 12.5 Å². The molecular formula is C18H15N7O4. The molecule has 0 aliphatic heterocycles. The summed E-state index contributed by atoms with van der Waals surface area (Å²) in [4.78, 5) is 35.1. The van der Waals surface area contributed by atoms with E-state index in [4.69, 9.17) is 4.42 Å². The third-order valence-corrected chi connectivity index (χ3v) is 4.18. The average molecular weight is 393 g/mol. The molecule has 1 atom stereocenters. The summed E-state index contributed by atoms with van der Waals surface area (Å²) in [5.41, 5.74) is 1.98. The number of hydrogen-bond donors (Lipinski definition) is 4. The normalized spacial score (nSPS) is 11.9. The van der Waals surface area contributed by atoms with Crippen molar-refractivity contribution in [3.63, 3.8) is 0 Å². The fourth-order valence-electron chi connectivity index (χ4n) is 2.86. The maximum absolute atomic E-state index is 12.8. The Balaban J connectivity index is 1.55. The van der Waals surface area contributed by atoms with Gasteiger partial charge < -0.3 is 25.1 Å². The number of H-pyrrole nitrogens is 1. The molecule has 0 bridgehead atoms. The lowest BCUT2D eigenvalue weighted by Gasteiger charge is -2.18. The highest BCUT2D eigenvalue weighted by Crippen LogP contribution is 2.22. The number of benzene rings is 1. The zero-order chi connectivity index (χ0) is 20.2. The van der Waals surface area contributed by atoms with Crippen molar-refractivity contribution in [3.8, 4) is 0 Å². The number of carboxylic acid groups (broad SMARTS) is 1. The molecule has 0 saturated carbocycles. The maximum atomic E-state index is 12.8. The van der Waals surface area contributed by atoms with Crippen LogP contribution in [0.3, 0.4) is 0 Å². The number of rotatable bonds is 7. The van der Waals surface area contributed by atoms with E-state index in [1.807, 2.05) is 0 Å². The van der Waals surface area contributed by atoms with Crippen LogP contribution in [0.25, 0.3) is 11.0 Å². The van der Waals surface area contributed by atoms with E-state index in [0.717, 1.165) is 0 Å². The van der Waals surface area contributed by atoms with E-state index < -0.39 is 17.9 Å². The van der Waals surface area contributed by atoms with Crippen LogP contribution in [-0.2, 0) is 4.79 Å². The van der Waals surface area contributed by atoms with Crippen molar-refractivity contribution in [2.75, 3.05) is 5.32 Å². The van der Waals surface area contributed by atoms with Crippen molar-refractivity contribution in [3.05, 3.63) is 60.5 Å². The predicted molar refractivity (Wildman–Crippen MR) is 100 cm³/mol. The fraction of sp³-hybridized carbons (Fsp3) is 0.111. The van der Waals surface area contributed by atoms with Crippen molar-refractivity contribution in [2.24, 2.45) is 0 Å². The summed E-state index contributed by atoms with van der Waals surface area (Å²) < 4.78 is 5.02. The van der Waals surface area contributed by atoms with Crippen molar-refractivity contribution in [1.82, 2.24) is 30.5 Å². The molecule has 11 heteroatoms. The lowest BCUT2D eigenvalue weighted by atomic mass is 10.0. The van der Waals surface area contributed by atoms with Crippen LogP contribution in [0.15, 0.2) is 53.7 Å². The van der Waals surface area contributed by atoms with Gasteiger partial charge in [0.2, 0.25) is 6.39 Å². The zero-order valence-corrected chi connectivity index (χ0v) is 14.9. The smallest absolute Gasteiger partial charge is 0.319 e. The minimum Gasteiger partial charge on any atom is -0.481 e. The van der Waals surface area contributed by atoms with Gasteiger partial charge in [0.1, 0.15) is 17.7 Å². The van der Waals surface area contributed by atoms with Gasteiger partial charge in [-0.3, -0.25) is 9.59 Å². The number of carboxylic acids is 1. The third-order valence-electron chi connectivity index (χ3n) is 4.18. The number of aromatic amines is 1. The molecule has 29 heavy (non-hydrogen) atoms. The van der Waals surface area contributed by atoms with Crippen LogP contribution in [0, 0.1) is 0 Å². The number of nitrogens with one attached hydrogen (secondary N) is 3.